The van der Waals surface area contributed by atoms with Gasteiger partial charge in [-0.15, -0.1) is 0 Å². The predicted octanol–water partition coefficient (Wildman–Crippen LogP) is 1.86. The van der Waals surface area contributed by atoms with Crippen molar-refractivity contribution in [3.05, 3.63) is 54.4 Å². The van der Waals surface area contributed by atoms with Crippen molar-refractivity contribution in [1.29, 1.82) is 0 Å². The standard InChI is InChI=1S/C14H17N5/c1-3-18-9-7-16-14(18)13(15-2)11-10-17-19-8-5-4-6-12(11)19/h4-10,13,15H,3H2,1-2H3. The number of nitrogens with zero attached hydrogens (tertiary/aromatic N) is 4. The van der Waals surface area contributed by atoms with Crippen molar-refractivity contribution in [3.8, 4) is 0 Å². The first-order chi connectivity index (χ1) is 9.35. The summed E-state index contributed by atoms with van der Waals surface area (Å²) in [7, 11) is 1.95. The number of aromatic nitrogens is 4. The Morgan fingerprint density at radius 2 is 2.21 bits per heavy atom. The smallest absolute Gasteiger partial charge is 0.130 e. The molecule has 0 fully saturated rings. The predicted molar refractivity (Wildman–Crippen MR) is 74.0 cm³/mol. The van der Waals surface area contributed by atoms with Gasteiger partial charge < -0.3 is 9.88 Å². The van der Waals surface area contributed by atoms with Gasteiger partial charge in [-0.05, 0) is 26.1 Å². The molecule has 5 nitrogen and oxygen atoms in total. The van der Waals surface area contributed by atoms with Crippen LogP contribution < -0.4 is 5.32 Å². The van der Waals surface area contributed by atoms with Gasteiger partial charge in [0.1, 0.15) is 5.82 Å². The van der Waals surface area contributed by atoms with E-state index in [9.17, 15) is 0 Å². The van der Waals surface area contributed by atoms with Gasteiger partial charge in [-0.1, -0.05) is 6.07 Å². The molecular weight excluding hydrogens is 238 g/mol. The van der Waals surface area contributed by atoms with Crippen molar-refractivity contribution in [2.24, 2.45) is 0 Å². The summed E-state index contributed by atoms with van der Waals surface area (Å²) in [6, 6.07) is 6.13. The van der Waals surface area contributed by atoms with Crippen LogP contribution in [0, 0.1) is 0 Å². The molecule has 1 atom stereocenters. The summed E-state index contributed by atoms with van der Waals surface area (Å²) >= 11 is 0. The number of imidazole rings is 1. The molecule has 0 saturated carbocycles. The van der Waals surface area contributed by atoms with Crippen LogP contribution >= 0.6 is 0 Å². The summed E-state index contributed by atoms with van der Waals surface area (Å²) < 4.78 is 4.03. The minimum absolute atomic E-state index is 0.0508. The first-order valence-electron chi connectivity index (χ1n) is 6.45. The highest BCUT2D eigenvalue weighted by Crippen LogP contribution is 2.24. The molecule has 1 unspecified atom stereocenters. The zero-order chi connectivity index (χ0) is 13.2. The fourth-order valence-electron chi connectivity index (χ4n) is 2.45. The first kappa shape index (κ1) is 11.9. The molecule has 3 aromatic heterocycles. The van der Waals surface area contributed by atoms with Crippen LogP contribution in [0.2, 0.25) is 0 Å². The summed E-state index contributed by atoms with van der Waals surface area (Å²) in [4.78, 5) is 4.48. The Bertz CT molecular complexity index is 682. The molecule has 0 aromatic carbocycles. The number of pyridine rings is 1. The van der Waals surface area contributed by atoms with Crippen molar-refractivity contribution in [3.63, 3.8) is 0 Å². The van der Waals surface area contributed by atoms with Gasteiger partial charge in [0.15, 0.2) is 0 Å². The number of rotatable bonds is 4. The molecule has 0 aliphatic carbocycles. The van der Waals surface area contributed by atoms with Gasteiger partial charge in [-0.2, -0.15) is 5.10 Å². The van der Waals surface area contributed by atoms with Crippen LogP contribution in [-0.4, -0.2) is 26.2 Å². The van der Waals surface area contributed by atoms with Crippen LogP contribution in [0.5, 0.6) is 0 Å². The molecule has 0 aliphatic heterocycles. The maximum atomic E-state index is 4.48. The Labute approximate surface area is 111 Å². The lowest BCUT2D eigenvalue weighted by molar-refractivity contribution is 0.593. The second kappa shape index (κ2) is 4.85. The summed E-state index contributed by atoms with van der Waals surface area (Å²) in [5.74, 6) is 1.02. The zero-order valence-corrected chi connectivity index (χ0v) is 11.1. The first-order valence-corrected chi connectivity index (χ1v) is 6.45. The third kappa shape index (κ3) is 1.92. The molecule has 0 radical (unpaired) electrons. The number of aryl methyl sites for hydroxylation is 1. The Morgan fingerprint density at radius 1 is 1.32 bits per heavy atom. The van der Waals surface area contributed by atoms with E-state index in [1.807, 2.05) is 48.5 Å². The third-order valence-corrected chi connectivity index (χ3v) is 3.40. The lowest BCUT2D eigenvalue weighted by atomic mass is 10.1. The van der Waals surface area contributed by atoms with Gasteiger partial charge in [0.2, 0.25) is 0 Å². The minimum atomic E-state index is 0.0508. The lowest BCUT2D eigenvalue weighted by Gasteiger charge is -2.16. The Balaban J connectivity index is 2.12. The van der Waals surface area contributed by atoms with E-state index in [-0.39, 0.29) is 6.04 Å². The van der Waals surface area contributed by atoms with E-state index in [0.717, 1.165) is 23.4 Å². The molecule has 0 aliphatic rings. The van der Waals surface area contributed by atoms with Gasteiger partial charge in [-0.25, -0.2) is 9.50 Å². The average Bonchev–Trinajstić information content (AvgIpc) is 3.07. The van der Waals surface area contributed by atoms with Crippen molar-refractivity contribution in [2.45, 2.75) is 19.5 Å². The number of fused-ring (bicyclic) bond motifs is 1. The summed E-state index contributed by atoms with van der Waals surface area (Å²) in [5, 5.41) is 7.73. The normalized spacial score (nSPS) is 12.9. The molecule has 3 heterocycles. The quantitative estimate of drug-likeness (QED) is 0.774. The molecular formula is C14H17N5. The van der Waals surface area contributed by atoms with Gasteiger partial charge in [0, 0.05) is 30.7 Å². The van der Waals surface area contributed by atoms with E-state index < -0.39 is 0 Å². The molecule has 19 heavy (non-hydrogen) atoms. The SMILES string of the molecule is CCn1ccnc1C(NC)c1cnn2ccccc12. The highest BCUT2D eigenvalue weighted by molar-refractivity contribution is 5.56. The Morgan fingerprint density at radius 3 is 3.00 bits per heavy atom. The molecule has 5 heteroatoms. The maximum Gasteiger partial charge on any atom is 0.130 e. The van der Waals surface area contributed by atoms with Crippen LogP contribution in [0.15, 0.2) is 43.0 Å². The largest absolute Gasteiger partial charge is 0.334 e. The number of hydrogen-bond donors (Lipinski definition) is 1. The molecule has 0 spiro atoms. The Hall–Kier alpha value is -2.14. The highest BCUT2D eigenvalue weighted by atomic mass is 15.2. The van der Waals surface area contributed by atoms with Crippen molar-refractivity contribution in [2.75, 3.05) is 7.05 Å². The second-order valence-corrected chi connectivity index (χ2v) is 4.42. The third-order valence-electron chi connectivity index (χ3n) is 3.40. The van der Waals surface area contributed by atoms with E-state index in [4.69, 9.17) is 0 Å². The fraction of sp³-hybridized carbons (Fsp3) is 0.286. The van der Waals surface area contributed by atoms with E-state index >= 15 is 0 Å². The van der Waals surface area contributed by atoms with E-state index in [2.05, 4.69) is 33.0 Å². The topological polar surface area (TPSA) is 47.2 Å². The minimum Gasteiger partial charge on any atom is -0.334 e. The highest BCUT2D eigenvalue weighted by Gasteiger charge is 2.20. The molecule has 0 bridgehead atoms. The molecule has 1 N–H and O–H groups in total. The summed E-state index contributed by atoms with van der Waals surface area (Å²) in [5.41, 5.74) is 2.25. The molecule has 98 valence electrons. The van der Waals surface area contributed by atoms with E-state index in [1.54, 1.807) is 0 Å². The van der Waals surface area contributed by atoms with Crippen LogP contribution in [-0.2, 0) is 6.54 Å². The van der Waals surface area contributed by atoms with Gasteiger partial charge >= 0.3 is 0 Å². The van der Waals surface area contributed by atoms with Gasteiger partial charge in [0.25, 0.3) is 0 Å². The van der Waals surface area contributed by atoms with Crippen LogP contribution in [0.4, 0.5) is 0 Å². The second-order valence-electron chi connectivity index (χ2n) is 4.42. The van der Waals surface area contributed by atoms with Crippen molar-refractivity contribution >= 4 is 5.52 Å². The molecule has 0 saturated heterocycles. The van der Waals surface area contributed by atoms with Crippen molar-refractivity contribution in [1.82, 2.24) is 24.5 Å². The number of hydrogen-bond acceptors (Lipinski definition) is 3. The Kier molecular flexibility index (Phi) is 3.05. The van der Waals surface area contributed by atoms with Crippen LogP contribution in [0.1, 0.15) is 24.4 Å². The average molecular weight is 255 g/mol. The van der Waals surface area contributed by atoms with Crippen molar-refractivity contribution < 1.29 is 0 Å². The molecule has 3 aromatic rings. The van der Waals surface area contributed by atoms with Gasteiger partial charge in [-0.3, -0.25) is 0 Å². The van der Waals surface area contributed by atoms with E-state index in [1.165, 1.54) is 0 Å². The van der Waals surface area contributed by atoms with Crippen LogP contribution in [0.3, 0.4) is 0 Å². The van der Waals surface area contributed by atoms with Crippen LogP contribution in [0.25, 0.3) is 5.52 Å². The summed E-state index contributed by atoms with van der Waals surface area (Å²) in [6.07, 6.45) is 7.71. The molecule has 0 amide bonds. The lowest BCUT2D eigenvalue weighted by Crippen LogP contribution is -2.21. The zero-order valence-electron chi connectivity index (χ0n) is 11.1. The maximum absolute atomic E-state index is 4.48. The fourth-order valence-corrected chi connectivity index (χ4v) is 2.45. The monoisotopic (exact) mass is 255 g/mol. The number of nitrogens with one attached hydrogen (secondary N) is 1. The van der Waals surface area contributed by atoms with E-state index in [0.29, 0.717) is 0 Å². The van der Waals surface area contributed by atoms with Gasteiger partial charge in [0.05, 0.1) is 17.8 Å². The molecule has 3 rings (SSSR count). The summed E-state index contributed by atoms with van der Waals surface area (Å²) in [6.45, 7) is 3.03.